The van der Waals surface area contributed by atoms with E-state index in [-0.39, 0.29) is 5.56 Å². The first-order valence-electron chi connectivity index (χ1n) is 10.3. The van der Waals surface area contributed by atoms with Crippen LogP contribution >= 0.6 is 0 Å². The average molecular weight is 435 g/mol. The SMILES string of the molecule is CCN.CCNCC.N#Cc1cnc(Nc2ccc(C(=O)O)cc2)nc1-c1ccccc1. The van der Waals surface area contributed by atoms with Crippen LogP contribution < -0.4 is 16.4 Å². The molecule has 1 aromatic heterocycles. The summed E-state index contributed by atoms with van der Waals surface area (Å²) >= 11 is 0. The van der Waals surface area contributed by atoms with Crippen LogP contribution in [0.1, 0.15) is 36.7 Å². The van der Waals surface area contributed by atoms with Gasteiger partial charge in [-0.3, -0.25) is 0 Å². The Balaban J connectivity index is 0.000000555. The van der Waals surface area contributed by atoms with Crippen LogP contribution in [0.3, 0.4) is 0 Å². The maximum atomic E-state index is 10.9. The Morgan fingerprint density at radius 1 is 1.06 bits per heavy atom. The number of benzene rings is 2. The topological polar surface area (TPSA) is 137 Å². The largest absolute Gasteiger partial charge is 0.478 e. The van der Waals surface area contributed by atoms with Crippen molar-refractivity contribution in [3.63, 3.8) is 0 Å². The number of nitrogens with two attached hydrogens (primary N) is 1. The monoisotopic (exact) mass is 434 g/mol. The maximum absolute atomic E-state index is 10.9. The number of aromatic nitrogens is 2. The fraction of sp³-hybridized carbons (Fsp3) is 0.250. The lowest BCUT2D eigenvalue weighted by Crippen LogP contribution is -2.09. The third-order valence-corrected chi connectivity index (χ3v) is 3.84. The zero-order chi connectivity index (χ0) is 23.8. The van der Waals surface area contributed by atoms with Crippen molar-refractivity contribution >= 4 is 17.6 Å². The molecule has 8 heteroatoms. The van der Waals surface area contributed by atoms with Gasteiger partial charge in [0.05, 0.1) is 23.0 Å². The number of nitrogens with one attached hydrogen (secondary N) is 2. The molecule has 0 aliphatic carbocycles. The summed E-state index contributed by atoms with van der Waals surface area (Å²) < 4.78 is 0. The minimum absolute atomic E-state index is 0.200. The number of carbonyl (C=O) groups is 1. The highest BCUT2D eigenvalue weighted by atomic mass is 16.4. The Labute approximate surface area is 189 Å². The lowest BCUT2D eigenvalue weighted by atomic mass is 10.1. The Bertz CT molecular complexity index is 984. The molecule has 1 heterocycles. The highest BCUT2D eigenvalue weighted by Crippen LogP contribution is 2.23. The molecule has 0 unspecified atom stereocenters. The second-order valence-electron chi connectivity index (χ2n) is 6.31. The van der Waals surface area contributed by atoms with Crippen molar-refractivity contribution in [1.29, 1.82) is 5.26 Å². The van der Waals surface area contributed by atoms with Gasteiger partial charge in [0.25, 0.3) is 0 Å². The van der Waals surface area contributed by atoms with Crippen LogP contribution in [0.15, 0.2) is 60.8 Å². The summed E-state index contributed by atoms with van der Waals surface area (Å²) in [7, 11) is 0. The Hall–Kier alpha value is -3.80. The molecule has 0 atom stereocenters. The molecule has 0 saturated heterocycles. The van der Waals surface area contributed by atoms with Crippen molar-refractivity contribution in [3.8, 4) is 17.3 Å². The predicted octanol–water partition coefficient (Wildman–Crippen LogP) is 4.04. The fourth-order valence-corrected chi connectivity index (χ4v) is 2.42. The van der Waals surface area contributed by atoms with Crippen molar-refractivity contribution < 1.29 is 9.90 Å². The van der Waals surface area contributed by atoms with Gasteiger partial charge in [-0.25, -0.2) is 14.8 Å². The van der Waals surface area contributed by atoms with E-state index < -0.39 is 5.97 Å². The molecule has 2 aromatic carbocycles. The summed E-state index contributed by atoms with van der Waals surface area (Å²) in [6, 6.07) is 17.7. The number of carboxylic acid groups (broad SMARTS) is 1. The van der Waals surface area contributed by atoms with Crippen molar-refractivity contribution in [2.75, 3.05) is 25.0 Å². The van der Waals surface area contributed by atoms with E-state index in [0.717, 1.165) is 25.2 Å². The van der Waals surface area contributed by atoms with E-state index >= 15 is 0 Å². The number of nitriles is 1. The van der Waals surface area contributed by atoms with Gasteiger partial charge in [-0.15, -0.1) is 0 Å². The van der Waals surface area contributed by atoms with E-state index in [9.17, 15) is 10.1 Å². The minimum Gasteiger partial charge on any atom is -0.478 e. The summed E-state index contributed by atoms with van der Waals surface area (Å²) in [5, 5.41) is 24.3. The van der Waals surface area contributed by atoms with Crippen LogP contribution in [0.5, 0.6) is 0 Å². The molecule has 168 valence electrons. The van der Waals surface area contributed by atoms with Gasteiger partial charge in [0, 0.05) is 11.3 Å². The summed E-state index contributed by atoms with van der Waals surface area (Å²) in [5.41, 5.74) is 7.45. The van der Waals surface area contributed by atoms with E-state index in [1.54, 1.807) is 12.1 Å². The zero-order valence-corrected chi connectivity index (χ0v) is 18.7. The summed E-state index contributed by atoms with van der Waals surface area (Å²) in [6.45, 7) is 9.04. The van der Waals surface area contributed by atoms with Crippen LogP contribution in [0.4, 0.5) is 11.6 Å². The van der Waals surface area contributed by atoms with Gasteiger partial charge in [0.15, 0.2) is 0 Å². The van der Waals surface area contributed by atoms with Crippen LogP contribution in [-0.2, 0) is 0 Å². The second-order valence-corrected chi connectivity index (χ2v) is 6.31. The minimum atomic E-state index is -0.984. The summed E-state index contributed by atoms with van der Waals surface area (Å²) in [5.74, 6) is -0.654. The summed E-state index contributed by atoms with van der Waals surface area (Å²) in [4.78, 5) is 19.4. The van der Waals surface area contributed by atoms with E-state index in [0.29, 0.717) is 22.9 Å². The molecule has 0 spiro atoms. The lowest BCUT2D eigenvalue weighted by molar-refractivity contribution is 0.0697. The van der Waals surface area contributed by atoms with Crippen LogP contribution in [-0.4, -0.2) is 40.7 Å². The first-order chi connectivity index (χ1) is 15.5. The summed E-state index contributed by atoms with van der Waals surface area (Å²) in [6.07, 6.45) is 1.46. The first kappa shape index (κ1) is 26.2. The number of hydrogen-bond donors (Lipinski definition) is 4. The zero-order valence-electron chi connectivity index (χ0n) is 18.7. The third-order valence-electron chi connectivity index (χ3n) is 3.84. The highest BCUT2D eigenvalue weighted by molar-refractivity contribution is 5.88. The van der Waals surface area contributed by atoms with Crippen LogP contribution in [0.25, 0.3) is 11.3 Å². The van der Waals surface area contributed by atoms with Gasteiger partial charge in [-0.1, -0.05) is 51.1 Å². The molecule has 8 nitrogen and oxygen atoms in total. The third kappa shape index (κ3) is 8.92. The van der Waals surface area contributed by atoms with Crippen molar-refractivity contribution in [1.82, 2.24) is 15.3 Å². The molecule has 3 aromatic rings. The first-order valence-corrected chi connectivity index (χ1v) is 10.3. The molecular formula is C24H30N6O2. The molecular weight excluding hydrogens is 404 g/mol. The number of anilines is 2. The molecule has 5 N–H and O–H groups in total. The predicted molar refractivity (Wildman–Crippen MR) is 128 cm³/mol. The number of rotatable bonds is 6. The standard InChI is InChI=1S/C18H12N4O2.C4H11N.C2H7N/c19-10-14-11-20-18(22-16(14)12-4-2-1-3-5-12)21-15-8-6-13(7-9-15)17(23)24;1-3-5-4-2;1-2-3/h1-9,11H,(H,23,24)(H,20,21,22);5H,3-4H2,1-2H3;2-3H2,1H3. The lowest BCUT2D eigenvalue weighted by Gasteiger charge is -2.08. The number of aromatic carboxylic acids is 1. The van der Waals surface area contributed by atoms with E-state index in [4.69, 9.17) is 10.8 Å². The van der Waals surface area contributed by atoms with Gasteiger partial charge in [-0.05, 0) is 43.9 Å². The molecule has 0 fully saturated rings. The van der Waals surface area contributed by atoms with Crippen LogP contribution in [0.2, 0.25) is 0 Å². The molecule has 0 radical (unpaired) electrons. The maximum Gasteiger partial charge on any atom is 0.335 e. The average Bonchev–Trinajstić information content (AvgIpc) is 2.81. The molecule has 0 aliphatic rings. The van der Waals surface area contributed by atoms with Gasteiger partial charge >= 0.3 is 5.97 Å². The number of hydrogen-bond acceptors (Lipinski definition) is 7. The normalized spacial score (nSPS) is 9.34. The molecule has 0 saturated carbocycles. The van der Waals surface area contributed by atoms with Gasteiger partial charge in [0.2, 0.25) is 5.95 Å². The quantitative estimate of drug-likeness (QED) is 0.456. The number of nitrogens with zero attached hydrogens (tertiary/aromatic N) is 3. The highest BCUT2D eigenvalue weighted by Gasteiger charge is 2.10. The van der Waals surface area contributed by atoms with E-state index in [1.165, 1.54) is 18.3 Å². The molecule has 3 rings (SSSR count). The molecule has 0 bridgehead atoms. The Kier molecular flexibility index (Phi) is 12.4. The smallest absolute Gasteiger partial charge is 0.335 e. The Morgan fingerprint density at radius 3 is 2.12 bits per heavy atom. The molecule has 0 amide bonds. The van der Waals surface area contributed by atoms with Crippen LogP contribution in [0, 0.1) is 11.3 Å². The molecule has 0 aliphatic heterocycles. The Morgan fingerprint density at radius 2 is 1.66 bits per heavy atom. The van der Waals surface area contributed by atoms with Crippen molar-refractivity contribution in [3.05, 3.63) is 71.9 Å². The van der Waals surface area contributed by atoms with Gasteiger partial charge in [0.1, 0.15) is 6.07 Å². The molecule has 32 heavy (non-hydrogen) atoms. The fourth-order valence-electron chi connectivity index (χ4n) is 2.42. The van der Waals surface area contributed by atoms with Gasteiger partial charge < -0.3 is 21.5 Å². The van der Waals surface area contributed by atoms with E-state index in [2.05, 4.69) is 40.5 Å². The number of carboxylic acids is 1. The van der Waals surface area contributed by atoms with Crippen molar-refractivity contribution in [2.45, 2.75) is 20.8 Å². The van der Waals surface area contributed by atoms with E-state index in [1.807, 2.05) is 37.3 Å². The second kappa shape index (κ2) is 15.1. The van der Waals surface area contributed by atoms with Gasteiger partial charge in [-0.2, -0.15) is 5.26 Å². The van der Waals surface area contributed by atoms with Crippen molar-refractivity contribution in [2.24, 2.45) is 5.73 Å².